The molecular weight excluding hydrogens is 302 g/mol. The van der Waals surface area contributed by atoms with Crippen molar-refractivity contribution in [3.8, 4) is 11.5 Å². The lowest BCUT2D eigenvalue weighted by atomic mass is 10.1. The second kappa shape index (κ2) is 5.89. The van der Waals surface area contributed by atoms with Crippen molar-refractivity contribution < 1.29 is 14.3 Å². The average molecular weight is 318 g/mol. The summed E-state index contributed by atoms with van der Waals surface area (Å²) < 4.78 is 10.5. The van der Waals surface area contributed by atoms with Crippen LogP contribution in [0.3, 0.4) is 0 Å². The molecule has 0 aromatic heterocycles. The van der Waals surface area contributed by atoms with Crippen LogP contribution < -0.4 is 14.4 Å². The highest BCUT2D eigenvalue weighted by atomic mass is 35.5. The van der Waals surface area contributed by atoms with Gasteiger partial charge in [0, 0.05) is 17.8 Å². The molecule has 22 heavy (non-hydrogen) atoms. The zero-order valence-electron chi connectivity index (χ0n) is 12.4. The van der Waals surface area contributed by atoms with Crippen molar-refractivity contribution in [1.29, 1.82) is 0 Å². The Hall–Kier alpha value is -2.20. The molecule has 0 bridgehead atoms. The number of amides is 1. The SMILES string of the molecule is COc1cc(C(=O)N2CCc3ccccc32)cc(Cl)c1OC. The normalized spacial score (nSPS) is 13.0. The van der Waals surface area contributed by atoms with Crippen LogP contribution in [0.1, 0.15) is 15.9 Å². The van der Waals surface area contributed by atoms with E-state index in [0.29, 0.717) is 28.6 Å². The van der Waals surface area contributed by atoms with Crippen molar-refractivity contribution in [2.24, 2.45) is 0 Å². The van der Waals surface area contributed by atoms with Gasteiger partial charge in [-0.15, -0.1) is 0 Å². The van der Waals surface area contributed by atoms with Gasteiger partial charge in [0.15, 0.2) is 11.5 Å². The molecular formula is C17H16ClNO3. The smallest absolute Gasteiger partial charge is 0.258 e. The number of hydrogen-bond acceptors (Lipinski definition) is 3. The minimum absolute atomic E-state index is 0.0900. The highest BCUT2D eigenvalue weighted by Crippen LogP contribution is 2.37. The maximum Gasteiger partial charge on any atom is 0.258 e. The first-order valence-corrected chi connectivity index (χ1v) is 7.34. The number of benzene rings is 2. The lowest BCUT2D eigenvalue weighted by Gasteiger charge is -2.18. The molecule has 0 atom stereocenters. The van der Waals surface area contributed by atoms with Crippen LogP contribution in [-0.4, -0.2) is 26.7 Å². The minimum atomic E-state index is -0.0900. The number of fused-ring (bicyclic) bond motifs is 1. The molecule has 0 fully saturated rings. The molecule has 114 valence electrons. The van der Waals surface area contributed by atoms with Crippen LogP contribution in [0.4, 0.5) is 5.69 Å². The topological polar surface area (TPSA) is 38.8 Å². The fraction of sp³-hybridized carbons (Fsp3) is 0.235. The molecule has 5 heteroatoms. The van der Waals surface area contributed by atoms with Crippen LogP contribution in [0.5, 0.6) is 11.5 Å². The summed E-state index contributed by atoms with van der Waals surface area (Å²) in [4.78, 5) is 14.6. The summed E-state index contributed by atoms with van der Waals surface area (Å²) in [7, 11) is 3.04. The quantitative estimate of drug-likeness (QED) is 0.869. The summed E-state index contributed by atoms with van der Waals surface area (Å²) >= 11 is 6.19. The van der Waals surface area contributed by atoms with E-state index in [1.54, 1.807) is 17.0 Å². The molecule has 0 aliphatic carbocycles. The van der Waals surface area contributed by atoms with Gasteiger partial charge >= 0.3 is 0 Å². The summed E-state index contributed by atoms with van der Waals surface area (Å²) in [6, 6.07) is 11.2. The first-order valence-electron chi connectivity index (χ1n) is 6.97. The second-order valence-corrected chi connectivity index (χ2v) is 5.44. The third-order valence-corrected chi connectivity index (χ3v) is 4.09. The molecule has 0 radical (unpaired) electrons. The Morgan fingerprint density at radius 3 is 2.68 bits per heavy atom. The van der Waals surface area contributed by atoms with Gasteiger partial charge < -0.3 is 14.4 Å². The number of halogens is 1. The van der Waals surface area contributed by atoms with Gasteiger partial charge in [0.05, 0.1) is 19.2 Å². The van der Waals surface area contributed by atoms with E-state index >= 15 is 0 Å². The first-order chi connectivity index (χ1) is 10.7. The number of carbonyl (C=O) groups is 1. The van der Waals surface area contributed by atoms with Gasteiger partial charge in [-0.1, -0.05) is 29.8 Å². The zero-order chi connectivity index (χ0) is 15.7. The highest BCUT2D eigenvalue weighted by Gasteiger charge is 2.26. The Morgan fingerprint density at radius 2 is 1.95 bits per heavy atom. The van der Waals surface area contributed by atoms with Crippen molar-refractivity contribution in [3.05, 3.63) is 52.5 Å². The van der Waals surface area contributed by atoms with E-state index in [0.717, 1.165) is 12.1 Å². The highest BCUT2D eigenvalue weighted by molar-refractivity contribution is 6.32. The van der Waals surface area contributed by atoms with E-state index < -0.39 is 0 Å². The number of anilines is 1. The fourth-order valence-electron chi connectivity index (χ4n) is 2.75. The van der Waals surface area contributed by atoms with Crippen LogP contribution in [-0.2, 0) is 6.42 Å². The summed E-state index contributed by atoms with van der Waals surface area (Å²) in [5.74, 6) is 0.793. The minimum Gasteiger partial charge on any atom is -0.493 e. The monoisotopic (exact) mass is 317 g/mol. The maximum absolute atomic E-state index is 12.8. The second-order valence-electron chi connectivity index (χ2n) is 5.03. The molecule has 2 aromatic carbocycles. The predicted molar refractivity (Wildman–Crippen MR) is 86.4 cm³/mol. The van der Waals surface area contributed by atoms with Gasteiger partial charge in [-0.2, -0.15) is 0 Å². The molecule has 0 spiro atoms. The van der Waals surface area contributed by atoms with E-state index in [1.165, 1.54) is 19.8 Å². The van der Waals surface area contributed by atoms with Crippen LogP contribution in [0.2, 0.25) is 5.02 Å². The maximum atomic E-state index is 12.8. The van der Waals surface area contributed by atoms with E-state index in [-0.39, 0.29) is 5.91 Å². The van der Waals surface area contributed by atoms with Crippen molar-refractivity contribution in [2.75, 3.05) is 25.7 Å². The standard InChI is InChI=1S/C17H16ClNO3/c1-21-15-10-12(9-13(18)16(15)22-2)17(20)19-8-7-11-5-3-4-6-14(11)19/h3-6,9-10H,7-8H2,1-2H3. The van der Waals surface area contributed by atoms with Gasteiger partial charge in [0.25, 0.3) is 5.91 Å². The lowest BCUT2D eigenvalue weighted by Crippen LogP contribution is -2.28. The van der Waals surface area contributed by atoms with Crippen molar-refractivity contribution in [1.82, 2.24) is 0 Å². The largest absolute Gasteiger partial charge is 0.493 e. The van der Waals surface area contributed by atoms with E-state index in [4.69, 9.17) is 21.1 Å². The Kier molecular flexibility index (Phi) is 3.94. The number of carbonyl (C=O) groups excluding carboxylic acids is 1. The summed E-state index contributed by atoms with van der Waals surface area (Å²) in [6.07, 6.45) is 0.864. The summed E-state index contributed by atoms with van der Waals surface area (Å²) in [6.45, 7) is 0.671. The molecule has 0 saturated carbocycles. The molecule has 0 N–H and O–H groups in total. The van der Waals surface area contributed by atoms with Gasteiger partial charge in [-0.05, 0) is 30.2 Å². The summed E-state index contributed by atoms with van der Waals surface area (Å²) in [5.41, 5.74) is 2.63. The number of methoxy groups -OCH3 is 2. The molecule has 1 aliphatic heterocycles. The molecule has 3 rings (SSSR count). The van der Waals surface area contributed by atoms with E-state index in [1.807, 2.05) is 24.3 Å². The van der Waals surface area contributed by atoms with E-state index in [2.05, 4.69) is 0 Å². The molecule has 0 saturated heterocycles. The van der Waals surface area contributed by atoms with Gasteiger partial charge in [-0.25, -0.2) is 0 Å². The van der Waals surface area contributed by atoms with Crippen molar-refractivity contribution >= 4 is 23.2 Å². The van der Waals surface area contributed by atoms with Crippen LogP contribution >= 0.6 is 11.6 Å². The molecule has 0 unspecified atom stereocenters. The fourth-order valence-corrected chi connectivity index (χ4v) is 3.03. The third kappa shape index (κ3) is 2.40. The Bertz CT molecular complexity index is 730. The Labute approximate surface area is 134 Å². The molecule has 1 aliphatic rings. The lowest BCUT2D eigenvalue weighted by molar-refractivity contribution is 0.0989. The van der Waals surface area contributed by atoms with Crippen molar-refractivity contribution in [3.63, 3.8) is 0 Å². The van der Waals surface area contributed by atoms with Crippen LogP contribution in [0.15, 0.2) is 36.4 Å². The van der Waals surface area contributed by atoms with Crippen LogP contribution in [0, 0.1) is 0 Å². The van der Waals surface area contributed by atoms with Crippen LogP contribution in [0.25, 0.3) is 0 Å². The first kappa shape index (κ1) is 14.7. The van der Waals surface area contributed by atoms with Gasteiger partial charge in [-0.3, -0.25) is 4.79 Å². The molecule has 1 amide bonds. The van der Waals surface area contributed by atoms with Crippen molar-refractivity contribution in [2.45, 2.75) is 6.42 Å². The number of nitrogens with zero attached hydrogens (tertiary/aromatic N) is 1. The predicted octanol–water partition coefficient (Wildman–Crippen LogP) is 3.56. The summed E-state index contributed by atoms with van der Waals surface area (Å²) in [5, 5.41) is 0.359. The number of rotatable bonds is 3. The van der Waals surface area contributed by atoms with Gasteiger partial charge in [0.1, 0.15) is 0 Å². The molecule has 2 aromatic rings. The zero-order valence-corrected chi connectivity index (χ0v) is 13.2. The Morgan fingerprint density at radius 1 is 1.18 bits per heavy atom. The molecule has 1 heterocycles. The number of ether oxygens (including phenoxy) is 2. The van der Waals surface area contributed by atoms with Gasteiger partial charge in [0.2, 0.25) is 0 Å². The third-order valence-electron chi connectivity index (χ3n) is 3.81. The average Bonchev–Trinajstić information content (AvgIpc) is 2.97. The van der Waals surface area contributed by atoms with E-state index in [9.17, 15) is 4.79 Å². The Balaban J connectivity index is 1.99. The number of hydrogen-bond donors (Lipinski definition) is 0. The molecule has 4 nitrogen and oxygen atoms in total. The number of para-hydroxylation sites is 1.